The zero-order valence-electron chi connectivity index (χ0n) is 17.6. The van der Waals surface area contributed by atoms with Crippen molar-refractivity contribution in [3.05, 3.63) is 73.1 Å². The maximum absolute atomic E-state index is 12.8. The highest BCUT2D eigenvalue weighted by Gasteiger charge is 2.25. The van der Waals surface area contributed by atoms with Gasteiger partial charge in [0.25, 0.3) is 23.2 Å². The Labute approximate surface area is 194 Å². The predicted octanol–water partition coefficient (Wildman–Crippen LogP) is 3.79. The first kappa shape index (κ1) is 22.5. The monoisotopic (exact) mass is 481 g/mol. The summed E-state index contributed by atoms with van der Waals surface area (Å²) in [7, 11) is 0. The third-order valence-corrected chi connectivity index (χ3v) is 5.64. The summed E-state index contributed by atoms with van der Waals surface area (Å²) in [6.45, 7) is 2.74. The summed E-state index contributed by atoms with van der Waals surface area (Å²) >= 11 is 1.27. The van der Waals surface area contributed by atoms with Crippen LogP contribution >= 0.6 is 11.3 Å². The summed E-state index contributed by atoms with van der Waals surface area (Å²) in [5.74, 6) is -1.07. The molecule has 0 unspecified atom stereocenters. The van der Waals surface area contributed by atoms with Gasteiger partial charge in [0.2, 0.25) is 10.9 Å². The molecule has 14 heteroatoms. The van der Waals surface area contributed by atoms with E-state index in [4.69, 9.17) is 0 Å². The first-order chi connectivity index (χ1) is 16.1. The molecular weight excluding hydrogens is 466 g/mol. The minimum atomic E-state index is -0.816. The van der Waals surface area contributed by atoms with Gasteiger partial charge >= 0.3 is 0 Å². The number of carbonyl (C=O) groups is 2. The molecule has 0 saturated carbocycles. The number of carbonyl (C=O) groups excluding carboxylic acids is 2. The van der Waals surface area contributed by atoms with Crippen molar-refractivity contribution in [1.82, 2.24) is 14.6 Å². The van der Waals surface area contributed by atoms with Crippen LogP contribution in [0.3, 0.4) is 0 Å². The zero-order valence-corrected chi connectivity index (χ0v) is 18.5. The van der Waals surface area contributed by atoms with Gasteiger partial charge in [0.15, 0.2) is 0 Å². The van der Waals surface area contributed by atoms with Crippen LogP contribution in [0.2, 0.25) is 0 Å². The first-order valence-corrected chi connectivity index (χ1v) is 10.5. The topological polar surface area (TPSA) is 175 Å². The molecule has 2 heterocycles. The number of non-ortho nitro benzene ring substituents is 1. The van der Waals surface area contributed by atoms with Crippen molar-refractivity contribution in [1.29, 1.82) is 0 Å². The van der Waals surface area contributed by atoms with Crippen molar-refractivity contribution in [2.24, 2.45) is 0 Å². The number of rotatable bonds is 6. The lowest BCUT2D eigenvalue weighted by molar-refractivity contribution is -0.394. The van der Waals surface area contributed by atoms with E-state index >= 15 is 0 Å². The molecule has 4 rings (SSSR count). The minimum Gasteiger partial charge on any atom is -0.326 e. The van der Waals surface area contributed by atoms with Crippen molar-refractivity contribution < 1.29 is 19.4 Å². The maximum Gasteiger partial charge on any atom is 0.279 e. The third kappa shape index (κ3) is 4.29. The fraction of sp³-hybridized carbons (Fsp3) is 0.100. The number of nitrogens with zero attached hydrogens (tertiary/aromatic N) is 5. The molecule has 0 fully saturated rings. The molecule has 34 heavy (non-hydrogen) atoms. The van der Waals surface area contributed by atoms with Crippen LogP contribution in [-0.4, -0.2) is 36.3 Å². The van der Waals surface area contributed by atoms with Crippen LogP contribution in [0.4, 0.5) is 23.0 Å². The number of anilines is 2. The largest absolute Gasteiger partial charge is 0.326 e. The highest BCUT2D eigenvalue weighted by atomic mass is 32.1. The van der Waals surface area contributed by atoms with Crippen LogP contribution in [-0.2, 0) is 4.79 Å². The predicted molar refractivity (Wildman–Crippen MR) is 123 cm³/mol. The van der Waals surface area contributed by atoms with E-state index in [2.05, 4.69) is 20.7 Å². The number of fused-ring (bicyclic) bond motifs is 1. The number of nitrogens with one attached hydrogen (secondary N) is 2. The van der Waals surface area contributed by atoms with E-state index in [1.54, 1.807) is 24.3 Å². The van der Waals surface area contributed by atoms with Gasteiger partial charge in [-0.05, 0) is 19.1 Å². The molecule has 0 spiro atoms. The Bertz CT molecular complexity index is 1470. The van der Waals surface area contributed by atoms with Crippen molar-refractivity contribution in [3.63, 3.8) is 0 Å². The lowest BCUT2D eigenvalue weighted by atomic mass is 10.0. The Morgan fingerprint density at radius 1 is 1.06 bits per heavy atom. The van der Waals surface area contributed by atoms with Gasteiger partial charge in [-0.2, -0.15) is 4.98 Å². The average molecular weight is 481 g/mol. The Kier molecular flexibility index (Phi) is 5.73. The Balaban J connectivity index is 1.63. The second-order valence-corrected chi connectivity index (χ2v) is 7.95. The van der Waals surface area contributed by atoms with E-state index in [-0.39, 0.29) is 23.0 Å². The van der Waals surface area contributed by atoms with Crippen molar-refractivity contribution in [2.75, 3.05) is 10.6 Å². The van der Waals surface area contributed by atoms with Crippen LogP contribution in [0.25, 0.3) is 16.2 Å². The van der Waals surface area contributed by atoms with Gasteiger partial charge in [-0.15, -0.1) is 16.4 Å². The second kappa shape index (κ2) is 8.67. The summed E-state index contributed by atoms with van der Waals surface area (Å²) < 4.78 is 1.51. The first-order valence-electron chi connectivity index (χ1n) is 9.61. The molecular formula is C20H15N7O6S. The van der Waals surface area contributed by atoms with Crippen molar-refractivity contribution >= 4 is 51.1 Å². The number of nitro groups is 2. The Hall–Kier alpha value is -4.72. The highest BCUT2D eigenvalue weighted by molar-refractivity contribution is 7.15. The van der Waals surface area contributed by atoms with Gasteiger partial charge in [0.05, 0.1) is 27.2 Å². The summed E-state index contributed by atoms with van der Waals surface area (Å²) in [6.07, 6.45) is 0. The van der Waals surface area contributed by atoms with Gasteiger partial charge in [-0.25, -0.2) is 4.52 Å². The number of amides is 2. The molecule has 2 aromatic heterocycles. The average Bonchev–Trinajstić information content (AvgIpc) is 3.33. The maximum atomic E-state index is 12.8. The molecule has 172 valence electrons. The number of aromatic nitrogens is 3. The number of nitro benzene ring substituents is 2. The fourth-order valence-corrected chi connectivity index (χ4v) is 4.08. The molecule has 2 N–H and O–H groups in total. The van der Waals surface area contributed by atoms with E-state index in [9.17, 15) is 29.8 Å². The smallest absolute Gasteiger partial charge is 0.279 e. The number of hydrogen-bond donors (Lipinski definition) is 2. The summed E-state index contributed by atoms with van der Waals surface area (Å²) in [6, 6.07) is 8.82. The number of thiazole rings is 1. The molecule has 0 aliphatic heterocycles. The summed E-state index contributed by atoms with van der Waals surface area (Å²) in [4.78, 5) is 49.5. The normalized spacial score (nSPS) is 10.8. The van der Waals surface area contributed by atoms with E-state index in [1.807, 2.05) is 5.38 Å². The van der Waals surface area contributed by atoms with Crippen LogP contribution in [0.5, 0.6) is 0 Å². The molecule has 0 saturated heterocycles. The lowest BCUT2D eigenvalue weighted by Gasteiger charge is -2.06. The van der Waals surface area contributed by atoms with Crippen LogP contribution in [0.1, 0.15) is 22.8 Å². The SMILES string of the molecule is CC(=O)Nc1ccc(-c2csc3nc(NC(=O)c4cc([N+](=O)[O-])cc([N+](=O)[O-])c4C)nn23)cc1. The zero-order chi connectivity index (χ0) is 24.6. The molecule has 0 atom stereocenters. The fourth-order valence-electron chi connectivity index (χ4n) is 3.24. The van der Waals surface area contributed by atoms with Crippen LogP contribution in [0.15, 0.2) is 41.8 Å². The summed E-state index contributed by atoms with van der Waals surface area (Å²) in [5, 5.41) is 33.6. The molecule has 2 aromatic carbocycles. The molecule has 13 nitrogen and oxygen atoms in total. The summed E-state index contributed by atoms with van der Waals surface area (Å²) in [5.41, 5.74) is 0.741. The van der Waals surface area contributed by atoms with Crippen molar-refractivity contribution in [3.8, 4) is 11.3 Å². The van der Waals surface area contributed by atoms with Gasteiger partial charge in [0.1, 0.15) is 0 Å². The quantitative estimate of drug-likeness (QED) is 0.309. The standard InChI is InChI=1S/C20H15N7O6S/c1-10-15(7-14(26(30)31)8-16(10)27(32)33)18(29)22-19-23-20-25(24-19)17(9-34-20)12-3-5-13(6-4-12)21-11(2)28/h3-9H,1-2H3,(H,21,28)(H,22,24,29). The van der Waals surface area contributed by atoms with Gasteiger partial charge in [-0.1, -0.05) is 12.1 Å². The van der Waals surface area contributed by atoms with Crippen molar-refractivity contribution in [2.45, 2.75) is 13.8 Å². The Morgan fingerprint density at radius 2 is 1.76 bits per heavy atom. The molecule has 0 bridgehead atoms. The number of hydrogen-bond acceptors (Lipinski definition) is 9. The van der Waals surface area contributed by atoms with Crippen LogP contribution < -0.4 is 10.6 Å². The third-order valence-electron chi connectivity index (χ3n) is 4.83. The second-order valence-electron chi connectivity index (χ2n) is 7.12. The molecule has 0 aliphatic carbocycles. The van der Waals surface area contributed by atoms with E-state index in [1.165, 1.54) is 29.7 Å². The molecule has 2 amide bonds. The van der Waals surface area contributed by atoms with Gasteiger partial charge in [0, 0.05) is 35.2 Å². The van der Waals surface area contributed by atoms with Crippen LogP contribution in [0, 0.1) is 27.2 Å². The van der Waals surface area contributed by atoms with E-state index in [0.717, 1.165) is 17.7 Å². The van der Waals surface area contributed by atoms with Gasteiger partial charge < -0.3 is 5.32 Å². The van der Waals surface area contributed by atoms with E-state index in [0.29, 0.717) is 16.3 Å². The highest BCUT2D eigenvalue weighted by Crippen LogP contribution is 2.30. The molecule has 0 radical (unpaired) electrons. The number of benzene rings is 2. The minimum absolute atomic E-state index is 0.0194. The Morgan fingerprint density at radius 3 is 2.38 bits per heavy atom. The lowest BCUT2D eigenvalue weighted by Crippen LogP contribution is -2.16. The van der Waals surface area contributed by atoms with Gasteiger partial charge in [-0.3, -0.25) is 35.1 Å². The molecule has 0 aliphatic rings. The van der Waals surface area contributed by atoms with E-state index < -0.39 is 27.1 Å². The molecule has 4 aromatic rings.